The van der Waals surface area contributed by atoms with Gasteiger partial charge in [-0.1, -0.05) is 53.7 Å². The molecule has 0 aliphatic heterocycles. The Bertz CT molecular complexity index is 806. The minimum Gasteiger partial charge on any atom is -0.495 e. The zero-order valence-electron chi connectivity index (χ0n) is 12.8. The molecule has 3 aromatic rings. The maximum absolute atomic E-state index is 6.29. The third kappa shape index (κ3) is 3.35. The molecule has 2 aromatic carbocycles. The Balaban J connectivity index is 1.91. The van der Waals surface area contributed by atoms with E-state index in [1.165, 1.54) is 0 Å². The van der Waals surface area contributed by atoms with Gasteiger partial charge in [0.25, 0.3) is 0 Å². The molecule has 0 bridgehead atoms. The fourth-order valence-corrected chi connectivity index (χ4v) is 3.69. The number of rotatable bonds is 5. The van der Waals surface area contributed by atoms with E-state index in [1.807, 2.05) is 53.1 Å². The van der Waals surface area contributed by atoms with Crippen molar-refractivity contribution in [2.24, 2.45) is 0 Å². The summed E-state index contributed by atoms with van der Waals surface area (Å²) in [4.78, 5) is 0. The third-order valence-electron chi connectivity index (χ3n) is 3.49. The van der Waals surface area contributed by atoms with Gasteiger partial charge in [0.15, 0.2) is 5.16 Å². The molecule has 0 saturated carbocycles. The summed E-state index contributed by atoms with van der Waals surface area (Å²) in [5.74, 6) is 0.777. The average Bonchev–Trinajstić information content (AvgIpc) is 3.03. The van der Waals surface area contributed by atoms with Gasteiger partial charge in [-0.25, -0.2) is 0 Å². The monoisotopic (exact) mass is 345 g/mol. The second-order valence-electron chi connectivity index (χ2n) is 4.94. The van der Waals surface area contributed by atoms with Crippen LogP contribution in [0.1, 0.15) is 17.7 Å². The van der Waals surface area contributed by atoms with E-state index in [0.717, 1.165) is 27.2 Å². The van der Waals surface area contributed by atoms with Crippen LogP contribution in [0.3, 0.4) is 0 Å². The highest BCUT2D eigenvalue weighted by Crippen LogP contribution is 2.38. The number of ether oxygens (including phenoxy) is 1. The number of nitrogens with zero attached hydrogens (tertiary/aromatic N) is 3. The van der Waals surface area contributed by atoms with Crippen LogP contribution in [0.15, 0.2) is 60.0 Å². The number of para-hydroxylation sites is 2. The van der Waals surface area contributed by atoms with Gasteiger partial charge in [-0.05, 0) is 30.7 Å². The van der Waals surface area contributed by atoms with Gasteiger partial charge in [0.2, 0.25) is 0 Å². The van der Waals surface area contributed by atoms with Crippen molar-refractivity contribution in [1.29, 1.82) is 0 Å². The number of hydrogen-bond acceptors (Lipinski definition) is 4. The van der Waals surface area contributed by atoms with Gasteiger partial charge in [0.1, 0.15) is 12.1 Å². The van der Waals surface area contributed by atoms with Gasteiger partial charge >= 0.3 is 0 Å². The number of methoxy groups -OCH3 is 1. The number of benzene rings is 2. The van der Waals surface area contributed by atoms with Crippen LogP contribution in [0.5, 0.6) is 5.75 Å². The van der Waals surface area contributed by atoms with E-state index >= 15 is 0 Å². The van der Waals surface area contributed by atoms with Crippen LogP contribution >= 0.6 is 23.4 Å². The molecule has 0 saturated heterocycles. The topological polar surface area (TPSA) is 39.9 Å². The van der Waals surface area contributed by atoms with Gasteiger partial charge < -0.3 is 4.74 Å². The van der Waals surface area contributed by atoms with E-state index in [4.69, 9.17) is 16.3 Å². The number of halogens is 1. The molecule has 0 aliphatic carbocycles. The Kier molecular flexibility index (Phi) is 4.88. The summed E-state index contributed by atoms with van der Waals surface area (Å²) in [5, 5.41) is 9.99. The molecular weight excluding hydrogens is 330 g/mol. The van der Waals surface area contributed by atoms with Crippen molar-refractivity contribution in [2.75, 3.05) is 7.11 Å². The molecule has 0 aliphatic rings. The van der Waals surface area contributed by atoms with Crippen LogP contribution in [-0.4, -0.2) is 21.9 Å². The van der Waals surface area contributed by atoms with Crippen molar-refractivity contribution in [3.63, 3.8) is 0 Å². The Labute approximate surface area is 144 Å². The summed E-state index contributed by atoms with van der Waals surface area (Å²) in [6.07, 6.45) is 1.69. The molecule has 1 atom stereocenters. The fourth-order valence-electron chi connectivity index (χ4n) is 2.33. The Morgan fingerprint density at radius 3 is 2.65 bits per heavy atom. The molecule has 0 unspecified atom stereocenters. The van der Waals surface area contributed by atoms with E-state index in [1.54, 1.807) is 25.2 Å². The molecule has 0 N–H and O–H groups in total. The lowest BCUT2D eigenvalue weighted by Gasteiger charge is -2.14. The predicted molar refractivity (Wildman–Crippen MR) is 93.6 cm³/mol. The van der Waals surface area contributed by atoms with Crippen LogP contribution in [0.2, 0.25) is 5.02 Å². The van der Waals surface area contributed by atoms with Crippen molar-refractivity contribution in [3.05, 3.63) is 65.4 Å². The van der Waals surface area contributed by atoms with Gasteiger partial charge in [0.05, 0.1) is 12.8 Å². The second kappa shape index (κ2) is 7.06. The van der Waals surface area contributed by atoms with Crippen molar-refractivity contribution < 1.29 is 4.74 Å². The van der Waals surface area contributed by atoms with Crippen molar-refractivity contribution >= 4 is 23.4 Å². The van der Waals surface area contributed by atoms with Crippen molar-refractivity contribution in [2.45, 2.75) is 17.3 Å². The molecule has 1 heterocycles. The largest absolute Gasteiger partial charge is 0.495 e. The lowest BCUT2D eigenvalue weighted by atomic mass is 10.2. The molecule has 23 heavy (non-hydrogen) atoms. The number of thioether (sulfide) groups is 1. The first-order chi connectivity index (χ1) is 11.2. The van der Waals surface area contributed by atoms with E-state index < -0.39 is 0 Å². The van der Waals surface area contributed by atoms with Crippen molar-refractivity contribution in [3.8, 4) is 11.4 Å². The summed E-state index contributed by atoms with van der Waals surface area (Å²) >= 11 is 7.90. The molecule has 6 heteroatoms. The van der Waals surface area contributed by atoms with E-state index in [2.05, 4.69) is 17.1 Å². The lowest BCUT2D eigenvalue weighted by Crippen LogP contribution is -2.00. The second-order valence-corrected chi connectivity index (χ2v) is 6.65. The summed E-state index contributed by atoms with van der Waals surface area (Å²) in [7, 11) is 1.66. The summed E-state index contributed by atoms with van der Waals surface area (Å²) < 4.78 is 7.35. The van der Waals surface area contributed by atoms with Crippen LogP contribution in [0.25, 0.3) is 5.69 Å². The standard InChI is InChI=1S/C17H16ClN3OS/c1-12(13-7-3-4-8-14(13)18)23-17-20-19-11-21(17)15-9-5-6-10-16(15)22-2/h3-12H,1-2H3/t12-/m0/s1. The quantitative estimate of drug-likeness (QED) is 0.624. The maximum Gasteiger partial charge on any atom is 0.196 e. The average molecular weight is 346 g/mol. The Morgan fingerprint density at radius 1 is 1.13 bits per heavy atom. The van der Waals surface area contributed by atoms with Crippen LogP contribution in [0.4, 0.5) is 0 Å². The molecule has 4 nitrogen and oxygen atoms in total. The summed E-state index contributed by atoms with van der Waals surface area (Å²) in [5.41, 5.74) is 1.99. The molecule has 0 spiro atoms. The maximum atomic E-state index is 6.29. The van der Waals surface area contributed by atoms with Crippen LogP contribution < -0.4 is 4.74 Å². The first kappa shape index (κ1) is 15.9. The highest BCUT2D eigenvalue weighted by molar-refractivity contribution is 7.99. The van der Waals surface area contributed by atoms with Gasteiger partial charge in [-0.15, -0.1) is 10.2 Å². The zero-order chi connectivity index (χ0) is 16.2. The minimum atomic E-state index is 0.154. The fraction of sp³-hybridized carbons (Fsp3) is 0.176. The molecule has 1 aromatic heterocycles. The summed E-state index contributed by atoms with van der Waals surface area (Å²) in [6.45, 7) is 2.10. The Hall–Kier alpha value is -1.98. The highest BCUT2D eigenvalue weighted by atomic mass is 35.5. The summed E-state index contributed by atoms with van der Waals surface area (Å²) in [6, 6.07) is 15.6. The number of hydrogen-bond donors (Lipinski definition) is 0. The number of aromatic nitrogens is 3. The highest BCUT2D eigenvalue weighted by Gasteiger charge is 2.17. The SMILES string of the molecule is COc1ccccc1-n1cnnc1S[C@@H](C)c1ccccc1Cl. The molecule has 118 valence electrons. The molecule has 0 amide bonds. The van der Waals surface area contributed by atoms with Crippen molar-refractivity contribution in [1.82, 2.24) is 14.8 Å². The first-order valence-corrected chi connectivity index (χ1v) is 8.41. The Morgan fingerprint density at radius 2 is 1.87 bits per heavy atom. The molecular formula is C17H16ClN3OS. The molecule has 3 rings (SSSR count). The van der Waals surface area contributed by atoms with Gasteiger partial charge in [0, 0.05) is 10.3 Å². The first-order valence-electron chi connectivity index (χ1n) is 7.15. The predicted octanol–water partition coefficient (Wildman–Crippen LogP) is 4.78. The molecule has 0 fully saturated rings. The van der Waals surface area contributed by atoms with E-state index in [9.17, 15) is 0 Å². The minimum absolute atomic E-state index is 0.154. The smallest absolute Gasteiger partial charge is 0.196 e. The van der Waals surface area contributed by atoms with Gasteiger partial charge in [-0.3, -0.25) is 4.57 Å². The van der Waals surface area contributed by atoms with Crippen LogP contribution in [0, 0.1) is 0 Å². The third-order valence-corrected chi connectivity index (χ3v) is 4.93. The normalized spacial score (nSPS) is 12.1. The van der Waals surface area contributed by atoms with E-state index in [0.29, 0.717) is 0 Å². The van der Waals surface area contributed by atoms with E-state index in [-0.39, 0.29) is 5.25 Å². The zero-order valence-corrected chi connectivity index (χ0v) is 14.4. The van der Waals surface area contributed by atoms with Gasteiger partial charge in [-0.2, -0.15) is 0 Å². The van der Waals surface area contributed by atoms with Crippen LogP contribution in [-0.2, 0) is 0 Å². The lowest BCUT2D eigenvalue weighted by molar-refractivity contribution is 0.412. The molecule has 0 radical (unpaired) electrons.